The number of thiophene rings is 1. The van der Waals surface area contributed by atoms with Gasteiger partial charge in [-0.1, -0.05) is 29.3 Å². The Balaban J connectivity index is 1.46. The number of H-pyrrole nitrogens is 1. The molecule has 1 aliphatic heterocycles. The minimum Gasteiger partial charge on any atom is -0.422 e. The molecule has 152 valence electrons. The van der Waals surface area contributed by atoms with Gasteiger partial charge in [0.1, 0.15) is 5.58 Å². The lowest BCUT2D eigenvalue weighted by atomic mass is 10.1. The SMILES string of the molecule is O=c1[nH]c(-c2cccs2)nc2c1CN(Cc1c(Cl)c3cc(Cl)ccc3oc1=O)CC2. The summed E-state index contributed by atoms with van der Waals surface area (Å²) in [7, 11) is 0. The van der Waals surface area contributed by atoms with Crippen LogP contribution in [0.3, 0.4) is 0 Å². The second kappa shape index (κ2) is 7.67. The number of hydrogen-bond acceptors (Lipinski definition) is 6. The third kappa shape index (κ3) is 3.48. The van der Waals surface area contributed by atoms with E-state index in [2.05, 4.69) is 9.97 Å². The number of hydrogen-bond donors (Lipinski definition) is 1. The van der Waals surface area contributed by atoms with Crippen molar-refractivity contribution in [1.29, 1.82) is 0 Å². The monoisotopic (exact) mass is 459 g/mol. The van der Waals surface area contributed by atoms with Gasteiger partial charge in [-0.25, -0.2) is 9.78 Å². The number of aromatic nitrogens is 2. The molecule has 0 bridgehead atoms. The van der Waals surface area contributed by atoms with Gasteiger partial charge >= 0.3 is 5.63 Å². The van der Waals surface area contributed by atoms with E-state index in [1.165, 1.54) is 11.3 Å². The number of halogens is 2. The zero-order valence-corrected chi connectivity index (χ0v) is 17.9. The molecular formula is C21H15Cl2N3O3S. The number of fused-ring (bicyclic) bond motifs is 2. The minimum atomic E-state index is -0.485. The molecule has 0 saturated carbocycles. The molecule has 1 N–H and O–H groups in total. The van der Waals surface area contributed by atoms with Gasteiger partial charge in [0.15, 0.2) is 5.82 Å². The maximum Gasteiger partial charge on any atom is 0.342 e. The smallest absolute Gasteiger partial charge is 0.342 e. The molecular weight excluding hydrogens is 445 g/mol. The zero-order chi connectivity index (χ0) is 20.8. The first-order valence-electron chi connectivity index (χ1n) is 9.28. The van der Waals surface area contributed by atoms with E-state index in [0.29, 0.717) is 57.5 Å². The molecule has 0 fully saturated rings. The highest BCUT2D eigenvalue weighted by Crippen LogP contribution is 2.29. The van der Waals surface area contributed by atoms with Crippen molar-refractivity contribution in [2.24, 2.45) is 0 Å². The molecule has 0 unspecified atom stereocenters. The lowest BCUT2D eigenvalue weighted by Gasteiger charge is -2.27. The fourth-order valence-corrected chi connectivity index (χ4v) is 4.81. The summed E-state index contributed by atoms with van der Waals surface area (Å²) in [5.41, 5.74) is 1.52. The van der Waals surface area contributed by atoms with E-state index >= 15 is 0 Å². The predicted molar refractivity (Wildman–Crippen MR) is 118 cm³/mol. The Hall–Kier alpha value is -2.45. The second-order valence-electron chi connectivity index (χ2n) is 7.10. The van der Waals surface area contributed by atoms with Crippen molar-refractivity contribution in [2.45, 2.75) is 19.5 Å². The third-order valence-electron chi connectivity index (χ3n) is 5.18. The minimum absolute atomic E-state index is 0.156. The molecule has 0 saturated heterocycles. The lowest BCUT2D eigenvalue weighted by molar-refractivity contribution is 0.239. The summed E-state index contributed by atoms with van der Waals surface area (Å²) in [6, 6.07) is 8.80. The number of nitrogens with zero attached hydrogens (tertiary/aromatic N) is 2. The first-order valence-corrected chi connectivity index (χ1v) is 10.9. The van der Waals surface area contributed by atoms with E-state index < -0.39 is 5.63 Å². The van der Waals surface area contributed by atoms with Gasteiger partial charge in [-0.3, -0.25) is 9.69 Å². The standard InChI is InChI=1S/C21H15Cl2N3O3S/c22-11-3-4-16-12(8-11)18(23)14(21(28)29-16)10-26-6-5-15-13(9-26)20(27)25-19(24-15)17-2-1-7-30-17/h1-4,7-8H,5-6,9-10H2,(H,24,25,27). The van der Waals surface area contributed by atoms with Gasteiger partial charge in [-0.2, -0.15) is 0 Å². The van der Waals surface area contributed by atoms with E-state index in [4.69, 9.17) is 27.6 Å². The molecule has 1 aliphatic rings. The van der Waals surface area contributed by atoms with Gasteiger partial charge in [-0.15, -0.1) is 11.3 Å². The molecule has 9 heteroatoms. The Bertz CT molecular complexity index is 1380. The van der Waals surface area contributed by atoms with Gasteiger partial charge < -0.3 is 9.40 Å². The first kappa shape index (κ1) is 19.5. The Morgan fingerprint density at radius 3 is 2.90 bits per heavy atom. The van der Waals surface area contributed by atoms with E-state index in [1.54, 1.807) is 18.2 Å². The average molecular weight is 460 g/mol. The molecule has 1 aromatic carbocycles. The maximum absolute atomic E-state index is 12.7. The molecule has 0 spiro atoms. The van der Waals surface area contributed by atoms with Crippen LogP contribution in [-0.2, 0) is 19.5 Å². The number of benzene rings is 1. The lowest BCUT2D eigenvalue weighted by Crippen LogP contribution is -2.36. The maximum atomic E-state index is 12.7. The Morgan fingerprint density at radius 1 is 1.23 bits per heavy atom. The summed E-state index contributed by atoms with van der Waals surface area (Å²) in [4.78, 5) is 35.6. The molecule has 0 amide bonds. The highest BCUT2D eigenvalue weighted by atomic mass is 35.5. The highest BCUT2D eigenvalue weighted by Gasteiger charge is 2.24. The topological polar surface area (TPSA) is 79.2 Å². The normalized spacial score (nSPS) is 14.2. The molecule has 3 aromatic heterocycles. The van der Waals surface area contributed by atoms with Crippen molar-refractivity contribution in [3.8, 4) is 10.7 Å². The van der Waals surface area contributed by atoms with Crippen LogP contribution in [0.1, 0.15) is 16.8 Å². The van der Waals surface area contributed by atoms with Gasteiger partial charge in [-0.05, 0) is 29.6 Å². The molecule has 5 rings (SSSR count). The van der Waals surface area contributed by atoms with Crippen LogP contribution < -0.4 is 11.2 Å². The van der Waals surface area contributed by atoms with Crippen molar-refractivity contribution in [2.75, 3.05) is 6.54 Å². The van der Waals surface area contributed by atoms with Crippen LogP contribution in [0.4, 0.5) is 0 Å². The predicted octanol–water partition coefficient (Wildman–Crippen LogP) is 4.47. The van der Waals surface area contributed by atoms with Crippen LogP contribution in [0, 0.1) is 0 Å². The van der Waals surface area contributed by atoms with Gasteiger partial charge in [0.25, 0.3) is 5.56 Å². The van der Waals surface area contributed by atoms with E-state index in [-0.39, 0.29) is 12.1 Å². The molecule has 4 aromatic rings. The molecule has 6 nitrogen and oxygen atoms in total. The van der Waals surface area contributed by atoms with Crippen LogP contribution in [0.2, 0.25) is 10.0 Å². The van der Waals surface area contributed by atoms with Gasteiger partial charge in [0, 0.05) is 36.5 Å². The van der Waals surface area contributed by atoms with Crippen molar-refractivity contribution < 1.29 is 4.42 Å². The van der Waals surface area contributed by atoms with Gasteiger partial charge in [0.2, 0.25) is 0 Å². The van der Waals surface area contributed by atoms with E-state index in [1.807, 2.05) is 22.4 Å². The Kier molecular flexibility index (Phi) is 4.99. The van der Waals surface area contributed by atoms with Gasteiger partial charge in [0.05, 0.1) is 26.7 Å². The first-order chi connectivity index (χ1) is 14.5. The summed E-state index contributed by atoms with van der Waals surface area (Å²) in [5.74, 6) is 0.595. The number of rotatable bonds is 3. The average Bonchev–Trinajstić information content (AvgIpc) is 3.27. The molecule has 0 aliphatic carbocycles. The summed E-state index contributed by atoms with van der Waals surface area (Å²) >= 11 is 14.1. The van der Waals surface area contributed by atoms with E-state index in [0.717, 1.165) is 10.6 Å². The fraction of sp³-hybridized carbons (Fsp3) is 0.190. The molecule has 30 heavy (non-hydrogen) atoms. The van der Waals surface area contributed by atoms with Crippen molar-refractivity contribution in [1.82, 2.24) is 14.9 Å². The summed E-state index contributed by atoms with van der Waals surface area (Å²) in [6.07, 6.45) is 0.611. The molecule has 0 atom stereocenters. The summed E-state index contributed by atoms with van der Waals surface area (Å²) in [6.45, 7) is 1.30. The van der Waals surface area contributed by atoms with Crippen LogP contribution in [0.25, 0.3) is 21.7 Å². The summed E-state index contributed by atoms with van der Waals surface area (Å²) < 4.78 is 5.42. The van der Waals surface area contributed by atoms with Crippen LogP contribution in [-0.4, -0.2) is 21.4 Å². The zero-order valence-electron chi connectivity index (χ0n) is 15.6. The number of nitrogens with one attached hydrogen (secondary N) is 1. The Morgan fingerprint density at radius 2 is 2.10 bits per heavy atom. The fourth-order valence-electron chi connectivity index (χ4n) is 3.68. The largest absolute Gasteiger partial charge is 0.422 e. The highest BCUT2D eigenvalue weighted by molar-refractivity contribution is 7.13. The quantitative estimate of drug-likeness (QED) is 0.457. The van der Waals surface area contributed by atoms with Crippen LogP contribution in [0.5, 0.6) is 0 Å². The van der Waals surface area contributed by atoms with Crippen molar-refractivity contribution >= 4 is 45.5 Å². The molecule has 0 radical (unpaired) electrons. The second-order valence-corrected chi connectivity index (χ2v) is 8.86. The van der Waals surface area contributed by atoms with Crippen LogP contribution >= 0.6 is 34.5 Å². The van der Waals surface area contributed by atoms with E-state index in [9.17, 15) is 9.59 Å². The third-order valence-corrected chi connectivity index (χ3v) is 6.72. The number of aromatic amines is 1. The van der Waals surface area contributed by atoms with Crippen molar-refractivity contribution in [3.63, 3.8) is 0 Å². The summed E-state index contributed by atoms with van der Waals surface area (Å²) in [5, 5.41) is 3.38. The Labute approximate surface area is 184 Å². The molecule has 4 heterocycles. The van der Waals surface area contributed by atoms with Crippen molar-refractivity contribution in [3.05, 3.63) is 83.4 Å². The van der Waals surface area contributed by atoms with Crippen LogP contribution in [0.15, 0.2) is 49.7 Å².